The van der Waals surface area contributed by atoms with Crippen molar-refractivity contribution in [3.05, 3.63) is 40.9 Å². The van der Waals surface area contributed by atoms with E-state index in [2.05, 4.69) is 43.4 Å². The molecule has 1 aromatic rings. The average Bonchev–Trinajstić information content (AvgIpc) is 2.26. The predicted molar refractivity (Wildman–Crippen MR) is 68.6 cm³/mol. The molecule has 0 heterocycles. The van der Waals surface area contributed by atoms with Crippen molar-refractivity contribution in [3.8, 4) is 0 Å². The third kappa shape index (κ3) is 3.96. The van der Waals surface area contributed by atoms with Crippen molar-refractivity contribution < 1.29 is 0 Å². The number of nitrogens with one attached hydrogen (secondary N) is 1. The number of benzene rings is 1. The van der Waals surface area contributed by atoms with Gasteiger partial charge in [0.25, 0.3) is 0 Å². The van der Waals surface area contributed by atoms with Crippen LogP contribution in [0.1, 0.15) is 32.3 Å². The van der Waals surface area contributed by atoms with Gasteiger partial charge < -0.3 is 5.32 Å². The lowest BCUT2D eigenvalue weighted by Gasteiger charge is -2.10. The molecule has 1 nitrogen and oxygen atoms in total. The Morgan fingerprint density at radius 3 is 2.80 bits per heavy atom. The van der Waals surface area contributed by atoms with Crippen LogP contribution in [0.3, 0.4) is 0 Å². The zero-order chi connectivity index (χ0) is 11.3. The SMILES string of the molecule is C/C(=C\Cl)CNc1cccc(C(C)C)c1. The molecular formula is C13H18ClN. The number of hydrogen-bond acceptors (Lipinski definition) is 1. The molecule has 0 aliphatic heterocycles. The molecule has 0 saturated carbocycles. The summed E-state index contributed by atoms with van der Waals surface area (Å²) in [6.45, 7) is 7.20. The summed E-state index contributed by atoms with van der Waals surface area (Å²) in [6.07, 6.45) is 0. The molecule has 0 spiro atoms. The van der Waals surface area contributed by atoms with Gasteiger partial charge in [0.05, 0.1) is 0 Å². The molecule has 15 heavy (non-hydrogen) atoms. The van der Waals surface area contributed by atoms with Gasteiger partial charge in [-0.15, -0.1) is 0 Å². The van der Waals surface area contributed by atoms with E-state index in [0.29, 0.717) is 5.92 Å². The molecule has 0 fully saturated rings. The van der Waals surface area contributed by atoms with Gasteiger partial charge in [-0.1, -0.05) is 37.6 Å². The standard InChI is InChI=1S/C13H18ClN/c1-10(2)12-5-4-6-13(7-12)15-9-11(3)8-14/h4-8,10,15H,9H2,1-3H3/b11-8+. The second-order valence-electron chi connectivity index (χ2n) is 4.09. The van der Waals surface area contributed by atoms with E-state index in [4.69, 9.17) is 11.6 Å². The lowest BCUT2D eigenvalue weighted by Crippen LogP contribution is -2.02. The first kappa shape index (κ1) is 12.1. The van der Waals surface area contributed by atoms with E-state index < -0.39 is 0 Å². The third-order valence-corrected chi connectivity index (χ3v) is 2.68. The van der Waals surface area contributed by atoms with Crippen LogP contribution in [0.2, 0.25) is 0 Å². The summed E-state index contributed by atoms with van der Waals surface area (Å²) in [7, 11) is 0. The molecule has 1 N–H and O–H groups in total. The molecule has 0 atom stereocenters. The van der Waals surface area contributed by atoms with Crippen molar-refractivity contribution >= 4 is 17.3 Å². The van der Waals surface area contributed by atoms with Crippen LogP contribution in [0, 0.1) is 0 Å². The van der Waals surface area contributed by atoms with Gasteiger partial charge in [-0.2, -0.15) is 0 Å². The van der Waals surface area contributed by atoms with Crippen LogP contribution >= 0.6 is 11.6 Å². The van der Waals surface area contributed by atoms with Crippen molar-refractivity contribution in [1.82, 2.24) is 0 Å². The summed E-state index contributed by atoms with van der Waals surface area (Å²) in [5.74, 6) is 0.566. The smallest absolute Gasteiger partial charge is 0.0369 e. The first-order chi connectivity index (χ1) is 7.13. The Morgan fingerprint density at radius 2 is 2.20 bits per heavy atom. The van der Waals surface area contributed by atoms with Gasteiger partial charge in [-0.05, 0) is 36.1 Å². The molecule has 0 unspecified atom stereocenters. The lowest BCUT2D eigenvalue weighted by atomic mass is 10.0. The largest absolute Gasteiger partial charge is 0.381 e. The average molecular weight is 224 g/mol. The van der Waals surface area contributed by atoms with Crippen LogP contribution < -0.4 is 5.32 Å². The molecule has 0 radical (unpaired) electrons. The van der Waals surface area contributed by atoms with Gasteiger partial charge in [-0.25, -0.2) is 0 Å². The normalized spacial score (nSPS) is 11.9. The molecule has 1 rings (SSSR count). The number of hydrogen-bond donors (Lipinski definition) is 1. The van der Waals surface area contributed by atoms with E-state index in [1.165, 1.54) is 5.56 Å². The van der Waals surface area contributed by atoms with Crippen LogP contribution in [0.4, 0.5) is 5.69 Å². The van der Waals surface area contributed by atoms with E-state index in [1.807, 2.05) is 6.92 Å². The van der Waals surface area contributed by atoms with E-state index in [0.717, 1.165) is 17.8 Å². The fraction of sp³-hybridized carbons (Fsp3) is 0.385. The van der Waals surface area contributed by atoms with E-state index >= 15 is 0 Å². The molecule has 0 aliphatic carbocycles. The van der Waals surface area contributed by atoms with Crippen LogP contribution in [-0.2, 0) is 0 Å². The summed E-state index contributed by atoms with van der Waals surface area (Å²) in [6, 6.07) is 8.50. The Balaban J connectivity index is 2.66. The molecular weight excluding hydrogens is 206 g/mol. The summed E-state index contributed by atoms with van der Waals surface area (Å²) < 4.78 is 0. The minimum Gasteiger partial charge on any atom is -0.381 e. The lowest BCUT2D eigenvalue weighted by molar-refractivity contribution is 0.867. The molecule has 0 saturated heterocycles. The van der Waals surface area contributed by atoms with Gasteiger partial charge >= 0.3 is 0 Å². The van der Waals surface area contributed by atoms with E-state index in [-0.39, 0.29) is 0 Å². The fourth-order valence-corrected chi connectivity index (χ4v) is 1.36. The minimum absolute atomic E-state index is 0.566. The Bertz CT molecular complexity index is 342. The maximum atomic E-state index is 5.60. The minimum atomic E-state index is 0.566. The molecule has 82 valence electrons. The Kier molecular flexibility index (Phi) is 4.70. The molecule has 0 aliphatic rings. The van der Waals surface area contributed by atoms with Gasteiger partial charge in [-0.3, -0.25) is 0 Å². The van der Waals surface area contributed by atoms with Crippen molar-refractivity contribution in [2.24, 2.45) is 0 Å². The first-order valence-electron chi connectivity index (χ1n) is 5.23. The summed E-state index contributed by atoms with van der Waals surface area (Å²) >= 11 is 5.60. The monoisotopic (exact) mass is 223 g/mol. The maximum Gasteiger partial charge on any atom is 0.0369 e. The quantitative estimate of drug-likeness (QED) is 0.800. The van der Waals surface area contributed by atoms with Crippen molar-refractivity contribution in [1.29, 1.82) is 0 Å². The summed E-state index contributed by atoms with van der Waals surface area (Å²) in [5.41, 5.74) is 5.25. The molecule has 0 amide bonds. The second kappa shape index (κ2) is 5.82. The van der Waals surface area contributed by atoms with Crippen molar-refractivity contribution in [3.63, 3.8) is 0 Å². The van der Waals surface area contributed by atoms with Crippen molar-refractivity contribution in [2.45, 2.75) is 26.7 Å². The Labute approximate surface area is 97.1 Å². The summed E-state index contributed by atoms with van der Waals surface area (Å²) in [4.78, 5) is 0. The molecule has 0 aromatic heterocycles. The number of rotatable bonds is 4. The number of halogens is 1. The molecule has 0 bridgehead atoms. The van der Waals surface area contributed by atoms with Crippen LogP contribution in [0.5, 0.6) is 0 Å². The third-order valence-electron chi connectivity index (χ3n) is 2.31. The van der Waals surface area contributed by atoms with Gasteiger partial charge in [0.2, 0.25) is 0 Å². The number of anilines is 1. The maximum absolute atomic E-state index is 5.60. The topological polar surface area (TPSA) is 12.0 Å². The van der Waals surface area contributed by atoms with Crippen LogP contribution in [0.15, 0.2) is 35.4 Å². The highest BCUT2D eigenvalue weighted by Gasteiger charge is 1.99. The van der Waals surface area contributed by atoms with E-state index in [1.54, 1.807) is 5.54 Å². The predicted octanol–water partition coefficient (Wildman–Crippen LogP) is 4.36. The zero-order valence-corrected chi connectivity index (χ0v) is 10.3. The van der Waals surface area contributed by atoms with E-state index in [9.17, 15) is 0 Å². The van der Waals surface area contributed by atoms with Gasteiger partial charge in [0, 0.05) is 17.8 Å². The first-order valence-corrected chi connectivity index (χ1v) is 5.67. The van der Waals surface area contributed by atoms with Crippen LogP contribution in [-0.4, -0.2) is 6.54 Å². The van der Waals surface area contributed by atoms with Gasteiger partial charge in [0.1, 0.15) is 0 Å². The zero-order valence-electron chi connectivity index (χ0n) is 9.55. The second-order valence-corrected chi connectivity index (χ2v) is 4.31. The highest BCUT2D eigenvalue weighted by Crippen LogP contribution is 2.18. The van der Waals surface area contributed by atoms with Crippen molar-refractivity contribution in [2.75, 3.05) is 11.9 Å². The highest BCUT2D eigenvalue weighted by atomic mass is 35.5. The Hall–Kier alpha value is -0.950. The summed E-state index contributed by atoms with van der Waals surface area (Å²) in [5, 5.41) is 3.34. The van der Waals surface area contributed by atoms with Crippen LogP contribution in [0.25, 0.3) is 0 Å². The highest BCUT2D eigenvalue weighted by molar-refractivity contribution is 6.25. The molecule has 1 aromatic carbocycles. The molecule has 2 heteroatoms. The van der Waals surface area contributed by atoms with Gasteiger partial charge in [0.15, 0.2) is 0 Å². The fourth-order valence-electron chi connectivity index (χ4n) is 1.29. The Morgan fingerprint density at radius 1 is 1.47 bits per heavy atom.